The van der Waals surface area contributed by atoms with Crippen molar-refractivity contribution in [1.82, 2.24) is 9.78 Å². The molecule has 33 heavy (non-hydrogen) atoms. The van der Waals surface area contributed by atoms with Crippen molar-refractivity contribution >= 4 is 50.9 Å². The van der Waals surface area contributed by atoms with Gasteiger partial charge in [-0.3, -0.25) is 9.48 Å². The summed E-state index contributed by atoms with van der Waals surface area (Å²) >= 11 is 15.6. The van der Waals surface area contributed by atoms with Crippen LogP contribution in [0.4, 0.5) is 5.82 Å². The van der Waals surface area contributed by atoms with Crippen molar-refractivity contribution in [2.24, 2.45) is 0 Å². The Balaban J connectivity index is 1.36. The number of carbonyl (C=O) groups excluding carboxylic acids is 1. The SMILES string of the molecule is Cc1cc(NC(=O)c2ccc(COc3ccc(Br)cc3Cl)cc2)nn1Cc1cccc(Cl)c1. The molecule has 0 aliphatic heterocycles. The van der Waals surface area contributed by atoms with Crippen molar-refractivity contribution in [2.45, 2.75) is 20.1 Å². The normalized spacial score (nSPS) is 10.8. The Hall–Kier alpha value is -2.80. The number of aromatic nitrogens is 2. The fraction of sp³-hybridized carbons (Fsp3) is 0.120. The summed E-state index contributed by atoms with van der Waals surface area (Å²) in [6, 6.07) is 22.1. The Morgan fingerprint density at radius 2 is 1.82 bits per heavy atom. The summed E-state index contributed by atoms with van der Waals surface area (Å²) in [6.07, 6.45) is 0. The molecule has 0 atom stereocenters. The Morgan fingerprint density at radius 1 is 1.03 bits per heavy atom. The van der Waals surface area contributed by atoms with Crippen molar-refractivity contribution < 1.29 is 9.53 Å². The lowest BCUT2D eigenvalue weighted by Crippen LogP contribution is -2.13. The highest BCUT2D eigenvalue weighted by molar-refractivity contribution is 9.10. The monoisotopic (exact) mass is 543 g/mol. The summed E-state index contributed by atoms with van der Waals surface area (Å²) in [5.74, 6) is 0.869. The van der Waals surface area contributed by atoms with Gasteiger partial charge in [0.1, 0.15) is 12.4 Å². The quantitative estimate of drug-likeness (QED) is 0.269. The number of amides is 1. The van der Waals surface area contributed by atoms with Crippen LogP contribution >= 0.6 is 39.1 Å². The molecule has 0 spiro atoms. The molecule has 0 radical (unpaired) electrons. The molecule has 4 rings (SSSR count). The molecule has 0 saturated carbocycles. The topological polar surface area (TPSA) is 56.1 Å². The third kappa shape index (κ3) is 6.16. The second kappa shape index (κ2) is 10.4. The lowest BCUT2D eigenvalue weighted by atomic mass is 10.1. The van der Waals surface area contributed by atoms with Gasteiger partial charge in [-0.25, -0.2) is 0 Å². The van der Waals surface area contributed by atoms with Crippen LogP contribution in [0.3, 0.4) is 0 Å². The lowest BCUT2D eigenvalue weighted by molar-refractivity contribution is 0.102. The summed E-state index contributed by atoms with van der Waals surface area (Å²) in [7, 11) is 0. The van der Waals surface area contributed by atoms with Crippen molar-refractivity contribution in [2.75, 3.05) is 5.32 Å². The van der Waals surface area contributed by atoms with Gasteiger partial charge in [0, 0.05) is 26.8 Å². The summed E-state index contributed by atoms with van der Waals surface area (Å²) in [4.78, 5) is 12.7. The first-order valence-corrected chi connectivity index (χ1v) is 11.7. The Bertz CT molecular complexity index is 1290. The molecule has 0 fully saturated rings. The Morgan fingerprint density at radius 3 is 2.55 bits per heavy atom. The summed E-state index contributed by atoms with van der Waals surface area (Å²) < 4.78 is 8.49. The van der Waals surface area contributed by atoms with E-state index >= 15 is 0 Å². The molecule has 8 heteroatoms. The first-order valence-electron chi connectivity index (χ1n) is 10.1. The molecular formula is C25H20BrCl2N3O2. The van der Waals surface area contributed by atoms with Gasteiger partial charge in [-0.1, -0.05) is 63.4 Å². The van der Waals surface area contributed by atoms with Gasteiger partial charge in [0.15, 0.2) is 5.82 Å². The van der Waals surface area contributed by atoms with Crippen LogP contribution < -0.4 is 10.1 Å². The number of halogens is 3. The smallest absolute Gasteiger partial charge is 0.256 e. The van der Waals surface area contributed by atoms with E-state index in [9.17, 15) is 4.79 Å². The van der Waals surface area contributed by atoms with Crippen LogP contribution in [0.2, 0.25) is 10.0 Å². The van der Waals surface area contributed by atoms with E-state index in [4.69, 9.17) is 27.9 Å². The van der Waals surface area contributed by atoms with Crippen LogP contribution in [0.5, 0.6) is 5.75 Å². The van der Waals surface area contributed by atoms with E-state index in [2.05, 4.69) is 26.3 Å². The predicted octanol–water partition coefficient (Wildman–Crippen LogP) is 7.14. The molecule has 0 unspecified atom stereocenters. The number of ether oxygens (including phenoxy) is 1. The maximum Gasteiger partial charge on any atom is 0.256 e. The van der Waals surface area contributed by atoms with Crippen LogP contribution in [0.25, 0.3) is 0 Å². The molecule has 3 aromatic carbocycles. The molecular weight excluding hydrogens is 525 g/mol. The van der Waals surface area contributed by atoms with E-state index < -0.39 is 0 Å². The number of aryl methyl sites for hydroxylation is 1. The standard InChI is InChI=1S/C25H20BrCl2N3O2/c1-16-11-24(30-31(16)14-18-3-2-4-21(27)12-18)29-25(32)19-7-5-17(6-8-19)15-33-23-10-9-20(26)13-22(23)28/h2-13H,14-15H2,1H3,(H,29,30,32). The zero-order valence-corrected chi connectivity index (χ0v) is 20.8. The maximum absolute atomic E-state index is 12.7. The van der Waals surface area contributed by atoms with E-state index in [1.165, 1.54) is 0 Å². The number of nitrogens with zero attached hydrogens (tertiary/aromatic N) is 2. The van der Waals surface area contributed by atoms with Crippen molar-refractivity contribution in [3.63, 3.8) is 0 Å². The number of benzene rings is 3. The minimum absolute atomic E-state index is 0.231. The van der Waals surface area contributed by atoms with Crippen LogP contribution in [0, 0.1) is 6.92 Å². The average molecular weight is 545 g/mol. The van der Waals surface area contributed by atoms with Crippen LogP contribution in [-0.2, 0) is 13.2 Å². The predicted molar refractivity (Wildman–Crippen MR) is 135 cm³/mol. The van der Waals surface area contributed by atoms with Gasteiger partial charge in [0.2, 0.25) is 0 Å². The molecule has 0 aliphatic carbocycles. The van der Waals surface area contributed by atoms with Gasteiger partial charge in [-0.2, -0.15) is 5.10 Å². The van der Waals surface area contributed by atoms with Crippen molar-refractivity contribution in [1.29, 1.82) is 0 Å². The van der Waals surface area contributed by atoms with E-state index in [1.54, 1.807) is 18.2 Å². The molecule has 168 valence electrons. The first-order chi connectivity index (χ1) is 15.9. The van der Waals surface area contributed by atoms with Crippen molar-refractivity contribution in [3.8, 4) is 5.75 Å². The Labute approximate surface area is 210 Å². The number of rotatable bonds is 7. The van der Waals surface area contributed by atoms with E-state index in [0.717, 1.165) is 21.3 Å². The molecule has 1 N–H and O–H groups in total. The highest BCUT2D eigenvalue weighted by Gasteiger charge is 2.11. The van der Waals surface area contributed by atoms with Gasteiger partial charge in [-0.15, -0.1) is 0 Å². The Kier molecular flexibility index (Phi) is 7.38. The first kappa shape index (κ1) is 23.4. The van der Waals surface area contributed by atoms with E-state index in [1.807, 2.05) is 66.2 Å². The fourth-order valence-electron chi connectivity index (χ4n) is 3.23. The molecule has 0 saturated heterocycles. The number of hydrogen-bond donors (Lipinski definition) is 1. The largest absolute Gasteiger partial charge is 0.487 e. The third-order valence-corrected chi connectivity index (χ3v) is 5.97. The molecule has 0 aliphatic rings. The van der Waals surface area contributed by atoms with Crippen molar-refractivity contribution in [3.05, 3.63) is 110 Å². The zero-order valence-electron chi connectivity index (χ0n) is 17.7. The zero-order chi connectivity index (χ0) is 23.4. The van der Waals surface area contributed by atoms with Crippen LogP contribution in [0.1, 0.15) is 27.2 Å². The summed E-state index contributed by atoms with van der Waals surface area (Å²) in [5.41, 5.74) is 3.42. The summed E-state index contributed by atoms with van der Waals surface area (Å²) in [6.45, 7) is 2.86. The molecule has 1 aromatic heterocycles. The van der Waals surface area contributed by atoms with Crippen LogP contribution in [0.15, 0.2) is 77.3 Å². The number of carbonyl (C=O) groups is 1. The second-order valence-corrected chi connectivity index (χ2v) is 9.23. The molecule has 4 aromatic rings. The van der Waals surface area contributed by atoms with E-state index in [0.29, 0.717) is 40.3 Å². The maximum atomic E-state index is 12.7. The van der Waals surface area contributed by atoms with E-state index in [-0.39, 0.29) is 5.91 Å². The summed E-state index contributed by atoms with van der Waals surface area (Å²) in [5, 5.41) is 8.57. The minimum atomic E-state index is -0.231. The number of anilines is 1. The lowest BCUT2D eigenvalue weighted by Gasteiger charge is -2.09. The molecule has 1 heterocycles. The van der Waals surface area contributed by atoms with Crippen LogP contribution in [-0.4, -0.2) is 15.7 Å². The second-order valence-electron chi connectivity index (χ2n) is 7.47. The van der Waals surface area contributed by atoms with Gasteiger partial charge in [-0.05, 0) is 60.5 Å². The van der Waals surface area contributed by atoms with Gasteiger partial charge >= 0.3 is 0 Å². The third-order valence-electron chi connectivity index (χ3n) is 4.95. The minimum Gasteiger partial charge on any atom is -0.487 e. The van der Waals surface area contributed by atoms with Gasteiger partial charge in [0.05, 0.1) is 11.6 Å². The average Bonchev–Trinajstić information content (AvgIpc) is 3.12. The highest BCUT2D eigenvalue weighted by Crippen LogP contribution is 2.28. The molecule has 0 bridgehead atoms. The van der Waals surface area contributed by atoms with Gasteiger partial charge in [0.25, 0.3) is 5.91 Å². The molecule has 1 amide bonds. The molecule has 5 nitrogen and oxygen atoms in total. The van der Waals surface area contributed by atoms with Gasteiger partial charge < -0.3 is 10.1 Å². The fourth-order valence-corrected chi connectivity index (χ4v) is 4.17. The number of hydrogen-bond acceptors (Lipinski definition) is 3. The number of nitrogens with one attached hydrogen (secondary N) is 1. The highest BCUT2D eigenvalue weighted by atomic mass is 79.9.